The first kappa shape index (κ1) is 28.7. The lowest BCUT2D eigenvalue weighted by Crippen LogP contribution is -2.40. The number of hydrogen-bond acceptors (Lipinski definition) is 8. The number of hydrogen-bond donors (Lipinski definition) is 0. The number of carbonyl (C=O) groups is 2. The van der Waals surface area contributed by atoms with E-state index in [-0.39, 0.29) is 18.1 Å². The van der Waals surface area contributed by atoms with Gasteiger partial charge in [0.2, 0.25) is 0 Å². The Balaban J connectivity index is 1.68. The molecule has 0 bridgehead atoms. The molecule has 0 fully saturated rings. The summed E-state index contributed by atoms with van der Waals surface area (Å²) in [7, 11) is 1.57. The number of aromatic nitrogens is 1. The number of methoxy groups -OCH3 is 1. The molecule has 2 aromatic carbocycles. The van der Waals surface area contributed by atoms with Gasteiger partial charge in [0.15, 0.2) is 4.80 Å². The molecule has 2 aliphatic rings. The summed E-state index contributed by atoms with van der Waals surface area (Å²) < 4.78 is 13.4. The van der Waals surface area contributed by atoms with Crippen molar-refractivity contribution in [3.8, 4) is 5.75 Å². The van der Waals surface area contributed by atoms with Gasteiger partial charge in [-0.05, 0) is 72.1 Å². The van der Waals surface area contributed by atoms with E-state index in [0.29, 0.717) is 54.2 Å². The molecule has 5 rings (SSSR count). The highest BCUT2D eigenvalue weighted by Crippen LogP contribution is 2.36. The van der Waals surface area contributed by atoms with Gasteiger partial charge >= 0.3 is 5.97 Å². The van der Waals surface area contributed by atoms with E-state index in [0.717, 1.165) is 6.42 Å². The van der Waals surface area contributed by atoms with Crippen molar-refractivity contribution in [3.05, 3.63) is 89.5 Å². The zero-order chi connectivity index (χ0) is 29.3. The number of nitrogens with zero attached hydrogens (tertiary/aromatic N) is 4. The van der Waals surface area contributed by atoms with Crippen LogP contribution in [0.3, 0.4) is 0 Å². The van der Waals surface area contributed by atoms with Crippen LogP contribution in [0.15, 0.2) is 79.2 Å². The molecule has 0 spiro atoms. The highest BCUT2D eigenvalue weighted by molar-refractivity contribution is 9.10. The average Bonchev–Trinajstić information content (AvgIpc) is 3.43. The first-order valence-corrected chi connectivity index (χ1v) is 14.9. The third kappa shape index (κ3) is 5.31. The molecule has 1 amide bonds. The van der Waals surface area contributed by atoms with E-state index < -0.39 is 17.9 Å². The normalized spacial score (nSPS) is 18.8. The fourth-order valence-corrected chi connectivity index (χ4v) is 6.57. The van der Waals surface area contributed by atoms with E-state index in [1.807, 2.05) is 49.4 Å². The van der Waals surface area contributed by atoms with Gasteiger partial charge in [0.25, 0.3) is 11.5 Å². The number of esters is 1. The molecule has 0 aliphatic carbocycles. The second kappa shape index (κ2) is 12.0. The van der Waals surface area contributed by atoms with Crippen LogP contribution in [0.5, 0.6) is 5.75 Å². The van der Waals surface area contributed by atoms with Crippen molar-refractivity contribution in [2.75, 3.05) is 18.7 Å². The van der Waals surface area contributed by atoms with Crippen molar-refractivity contribution in [1.29, 1.82) is 0 Å². The lowest BCUT2D eigenvalue weighted by Gasteiger charge is -2.26. The number of ether oxygens (including phenoxy) is 2. The van der Waals surface area contributed by atoms with Crippen molar-refractivity contribution < 1.29 is 19.1 Å². The maximum Gasteiger partial charge on any atom is 0.338 e. The monoisotopic (exact) mass is 636 g/mol. The Morgan fingerprint density at radius 1 is 1.15 bits per heavy atom. The topological polar surface area (TPSA) is 103 Å². The lowest BCUT2D eigenvalue weighted by molar-refractivity contribution is -0.139. The Bertz CT molecular complexity index is 1760. The molecular weight excluding hydrogens is 608 g/mol. The van der Waals surface area contributed by atoms with Crippen LogP contribution in [0.1, 0.15) is 45.2 Å². The zero-order valence-electron chi connectivity index (χ0n) is 23.1. The van der Waals surface area contributed by atoms with E-state index in [2.05, 4.69) is 21.0 Å². The first-order valence-electron chi connectivity index (χ1n) is 13.3. The lowest BCUT2D eigenvalue weighted by atomic mass is 9.94. The number of anilines is 1. The van der Waals surface area contributed by atoms with Gasteiger partial charge in [-0.3, -0.25) is 14.2 Å². The van der Waals surface area contributed by atoms with Gasteiger partial charge < -0.3 is 9.47 Å². The molecule has 1 aromatic heterocycles. The van der Waals surface area contributed by atoms with Crippen LogP contribution >= 0.6 is 27.3 Å². The minimum Gasteiger partial charge on any atom is -0.496 e. The Labute approximate surface area is 249 Å². The molecule has 0 saturated carbocycles. The number of fused-ring (bicyclic) bond motifs is 1. The number of para-hydroxylation sites is 1. The van der Waals surface area contributed by atoms with Gasteiger partial charge in [0.05, 0.1) is 51.4 Å². The third-order valence-corrected chi connectivity index (χ3v) is 8.51. The number of amides is 1. The van der Waals surface area contributed by atoms with Gasteiger partial charge in [0, 0.05) is 0 Å². The summed E-state index contributed by atoms with van der Waals surface area (Å²) in [5.41, 5.74) is 2.50. The van der Waals surface area contributed by atoms with Gasteiger partial charge in [-0.2, -0.15) is 10.1 Å². The summed E-state index contributed by atoms with van der Waals surface area (Å²) in [5, 5.41) is 5.83. The molecule has 0 radical (unpaired) electrons. The fourth-order valence-electron chi connectivity index (χ4n) is 4.98. The van der Waals surface area contributed by atoms with Crippen LogP contribution in [0.25, 0.3) is 6.08 Å². The summed E-state index contributed by atoms with van der Waals surface area (Å²) in [4.78, 5) is 46.0. The summed E-state index contributed by atoms with van der Waals surface area (Å²) in [6.07, 6.45) is 2.94. The highest BCUT2D eigenvalue weighted by atomic mass is 79.9. The van der Waals surface area contributed by atoms with Crippen molar-refractivity contribution in [2.45, 2.75) is 39.7 Å². The second-order valence-corrected chi connectivity index (χ2v) is 11.4. The maximum atomic E-state index is 14.1. The number of rotatable bonds is 8. The number of hydrazone groups is 1. The van der Waals surface area contributed by atoms with E-state index in [1.54, 1.807) is 33.1 Å². The molecule has 2 atom stereocenters. The Morgan fingerprint density at radius 3 is 2.56 bits per heavy atom. The number of benzene rings is 2. The Kier molecular flexibility index (Phi) is 8.37. The molecular formula is C30H29BrN4O5S. The molecule has 2 aliphatic heterocycles. The molecule has 0 N–H and O–H groups in total. The molecule has 9 nitrogen and oxygen atoms in total. The SMILES string of the molecule is CCCC1=C(C(=O)OCC)[C@H](c2ccc(OC)c(Br)c2)n2c(s/c(=C/[C@H]3C(=O)N(c4ccccc4)N=C3C)c2=O)=N1. The van der Waals surface area contributed by atoms with Gasteiger partial charge in [-0.25, -0.2) is 9.79 Å². The minimum absolute atomic E-state index is 0.186. The van der Waals surface area contributed by atoms with Crippen LogP contribution in [0.4, 0.5) is 5.69 Å². The van der Waals surface area contributed by atoms with Crippen molar-refractivity contribution in [2.24, 2.45) is 16.0 Å². The van der Waals surface area contributed by atoms with Crippen molar-refractivity contribution in [1.82, 2.24) is 4.57 Å². The van der Waals surface area contributed by atoms with Crippen LogP contribution in [-0.2, 0) is 14.3 Å². The van der Waals surface area contributed by atoms with Crippen LogP contribution < -0.4 is 24.6 Å². The van der Waals surface area contributed by atoms with Crippen molar-refractivity contribution in [3.63, 3.8) is 0 Å². The van der Waals surface area contributed by atoms with Crippen LogP contribution in [0, 0.1) is 5.92 Å². The van der Waals surface area contributed by atoms with Crippen LogP contribution in [-0.4, -0.2) is 35.9 Å². The molecule has 41 heavy (non-hydrogen) atoms. The Hall–Kier alpha value is -3.83. The molecule has 11 heteroatoms. The first-order chi connectivity index (χ1) is 19.8. The standard InChI is InChI=1S/C30H29BrN4O5S/c1-5-10-22-25(29(38)40-6-2)26(18-13-14-23(39-4)21(31)15-18)34-28(37)24(41-30(34)32-22)16-20-17(3)33-35(27(20)36)19-11-8-7-9-12-19/h7-9,11-16,20,26H,5-6,10H2,1-4H3/b24-16+/t20-,26+/m1/s1. The van der Waals surface area contributed by atoms with Crippen LogP contribution in [0.2, 0.25) is 0 Å². The minimum atomic E-state index is -0.772. The summed E-state index contributed by atoms with van der Waals surface area (Å²) >= 11 is 4.74. The number of allylic oxidation sites excluding steroid dienone is 1. The molecule has 0 unspecified atom stereocenters. The summed E-state index contributed by atoms with van der Waals surface area (Å²) in [5.74, 6) is -0.841. The Morgan fingerprint density at radius 2 is 1.90 bits per heavy atom. The predicted molar refractivity (Wildman–Crippen MR) is 162 cm³/mol. The predicted octanol–water partition coefficient (Wildman–Crippen LogP) is 4.34. The number of halogens is 1. The maximum absolute atomic E-state index is 14.1. The highest BCUT2D eigenvalue weighted by Gasteiger charge is 2.36. The molecule has 3 aromatic rings. The van der Waals surface area contributed by atoms with E-state index in [1.165, 1.54) is 20.9 Å². The van der Waals surface area contributed by atoms with Gasteiger partial charge in [0.1, 0.15) is 11.7 Å². The smallest absolute Gasteiger partial charge is 0.338 e. The largest absolute Gasteiger partial charge is 0.496 e. The number of carbonyl (C=O) groups excluding carboxylic acids is 2. The fraction of sp³-hybridized carbons (Fsp3) is 0.300. The van der Waals surface area contributed by atoms with Crippen molar-refractivity contribution >= 4 is 56.6 Å². The van der Waals surface area contributed by atoms with E-state index in [9.17, 15) is 14.4 Å². The van der Waals surface area contributed by atoms with E-state index >= 15 is 0 Å². The van der Waals surface area contributed by atoms with Gasteiger partial charge in [-0.15, -0.1) is 0 Å². The zero-order valence-corrected chi connectivity index (χ0v) is 25.5. The summed E-state index contributed by atoms with van der Waals surface area (Å²) in [6.45, 7) is 5.71. The number of thiazole rings is 1. The van der Waals surface area contributed by atoms with E-state index in [4.69, 9.17) is 14.5 Å². The van der Waals surface area contributed by atoms with Gasteiger partial charge in [-0.1, -0.05) is 48.9 Å². The molecule has 0 saturated heterocycles. The third-order valence-electron chi connectivity index (χ3n) is 6.89. The quantitative estimate of drug-likeness (QED) is 0.342. The second-order valence-electron chi connectivity index (χ2n) is 9.53. The molecule has 212 valence electrons. The summed E-state index contributed by atoms with van der Waals surface area (Å²) in [6, 6.07) is 13.8. The average molecular weight is 638 g/mol. The molecule has 3 heterocycles.